The Balaban J connectivity index is 2.08. The minimum Gasteiger partial charge on any atom is -0.454 e. The molecular formula is C31H38N2O6. The number of aldehydes is 1. The maximum atomic E-state index is 12.5. The summed E-state index contributed by atoms with van der Waals surface area (Å²) in [4.78, 5) is 41.9. The molecule has 2 heterocycles. The number of ether oxygens (including phenoxy) is 3. The number of benzene rings is 1. The number of hydrogen-bond donors (Lipinski definition) is 1. The molecule has 1 aliphatic carbocycles. The minimum atomic E-state index is -0.876. The van der Waals surface area contributed by atoms with Crippen molar-refractivity contribution in [2.75, 3.05) is 13.9 Å². The molecule has 0 radical (unpaired) electrons. The van der Waals surface area contributed by atoms with E-state index in [0.717, 1.165) is 63.9 Å². The molecule has 1 aliphatic heterocycles. The zero-order chi connectivity index (χ0) is 28.4. The molecular weight excluding hydrogens is 496 g/mol. The predicted octanol–water partition coefficient (Wildman–Crippen LogP) is 5.20. The third kappa shape index (κ3) is 5.48. The Kier molecular flexibility index (Phi) is 8.54. The van der Waals surface area contributed by atoms with Crippen LogP contribution in [0.2, 0.25) is 0 Å². The molecule has 39 heavy (non-hydrogen) atoms. The molecule has 2 unspecified atom stereocenters. The number of ketones is 1. The largest absolute Gasteiger partial charge is 0.454 e. The van der Waals surface area contributed by atoms with Crippen LogP contribution in [0.5, 0.6) is 11.5 Å². The lowest BCUT2D eigenvalue weighted by Gasteiger charge is -2.31. The first kappa shape index (κ1) is 28.5. The van der Waals surface area contributed by atoms with Crippen molar-refractivity contribution in [3.63, 3.8) is 0 Å². The van der Waals surface area contributed by atoms with E-state index in [1.54, 1.807) is 0 Å². The van der Waals surface area contributed by atoms with E-state index in [9.17, 15) is 14.4 Å². The van der Waals surface area contributed by atoms with E-state index in [2.05, 4.69) is 19.2 Å². The number of Topliss-reactive ketones (excluding diaryl/α,β-unsaturated/α-hetero) is 1. The Hall–Kier alpha value is -3.52. The number of aromatic nitrogens is 1. The lowest BCUT2D eigenvalue weighted by Crippen LogP contribution is -2.30. The van der Waals surface area contributed by atoms with Gasteiger partial charge in [-0.3, -0.25) is 9.59 Å². The van der Waals surface area contributed by atoms with E-state index < -0.39 is 6.10 Å². The van der Waals surface area contributed by atoms with Gasteiger partial charge in [-0.1, -0.05) is 26.8 Å². The average Bonchev–Trinajstić information content (AvgIpc) is 3.35. The Bertz CT molecular complexity index is 1390. The minimum absolute atomic E-state index is 0.0911. The van der Waals surface area contributed by atoms with Crippen LogP contribution < -0.4 is 14.8 Å². The zero-order valence-corrected chi connectivity index (χ0v) is 23.9. The van der Waals surface area contributed by atoms with Crippen molar-refractivity contribution in [2.45, 2.75) is 79.4 Å². The number of fused-ring (bicyclic) bond motifs is 2. The maximum absolute atomic E-state index is 12.5. The second-order valence-corrected chi connectivity index (χ2v) is 10.7. The van der Waals surface area contributed by atoms with Crippen LogP contribution in [-0.4, -0.2) is 43.0 Å². The van der Waals surface area contributed by atoms with Crippen LogP contribution in [0.15, 0.2) is 23.3 Å². The Morgan fingerprint density at radius 3 is 2.56 bits per heavy atom. The lowest BCUT2D eigenvalue weighted by molar-refractivity contribution is -0.120. The fourth-order valence-corrected chi connectivity index (χ4v) is 5.89. The Labute approximate surface area is 229 Å². The molecule has 8 nitrogen and oxygen atoms in total. The summed E-state index contributed by atoms with van der Waals surface area (Å²) >= 11 is 0. The Morgan fingerprint density at radius 2 is 1.97 bits per heavy atom. The highest BCUT2D eigenvalue weighted by atomic mass is 16.7. The molecule has 2 aromatic rings. The SMILES string of the molecule is CC/C(C(C)=O)=C(/C=C(\C)c1nc2cc3c(c4c2c(c1CC(C)C)C(NC(C)=O)CC4)OCO3)C(C=O)OC. The van der Waals surface area contributed by atoms with E-state index in [4.69, 9.17) is 19.2 Å². The number of nitrogens with one attached hydrogen (secondary N) is 1. The van der Waals surface area contributed by atoms with Gasteiger partial charge in [0.2, 0.25) is 12.7 Å². The van der Waals surface area contributed by atoms with Gasteiger partial charge in [0.05, 0.1) is 17.3 Å². The van der Waals surface area contributed by atoms with Gasteiger partial charge in [-0.05, 0) is 67.7 Å². The highest BCUT2D eigenvalue weighted by Crippen LogP contribution is 2.48. The summed E-state index contributed by atoms with van der Waals surface area (Å²) in [6, 6.07) is 1.73. The van der Waals surface area contributed by atoms with E-state index in [1.807, 2.05) is 26.0 Å². The monoisotopic (exact) mass is 534 g/mol. The number of nitrogens with zero attached hydrogens (tertiary/aromatic N) is 1. The number of amides is 1. The van der Waals surface area contributed by atoms with Crippen molar-refractivity contribution in [1.82, 2.24) is 10.3 Å². The van der Waals surface area contributed by atoms with E-state index in [1.165, 1.54) is 21.0 Å². The number of aryl methyl sites for hydroxylation is 1. The fraction of sp³-hybridized carbons (Fsp3) is 0.484. The number of methoxy groups -OCH3 is 1. The van der Waals surface area contributed by atoms with Gasteiger partial charge >= 0.3 is 0 Å². The standard InChI is InChI=1S/C31H38N2O6/c1-8-20(18(5)35)22(27(14-34)37-7)12-17(4)30-23(11-16(2)3)29-24(32-19(6)36)10-9-21-28(29)25(33-30)13-26-31(21)39-15-38-26/h12-14,16,24,27H,8-11,15H2,1-7H3,(H,32,36)/b17-12+,22-20+. The summed E-state index contributed by atoms with van der Waals surface area (Å²) in [5.41, 5.74) is 6.59. The number of carbonyl (C=O) groups is 3. The third-order valence-corrected chi connectivity index (χ3v) is 7.43. The molecule has 2 atom stereocenters. The van der Waals surface area contributed by atoms with Gasteiger partial charge in [-0.15, -0.1) is 0 Å². The van der Waals surface area contributed by atoms with Gasteiger partial charge < -0.3 is 24.3 Å². The quantitative estimate of drug-likeness (QED) is 0.254. The number of rotatable bonds is 10. The van der Waals surface area contributed by atoms with Crippen molar-refractivity contribution in [3.8, 4) is 11.5 Å². The number of pyridine rings is 1. The van der Waals surface area contributed by atoms with Gasteiger partial charge in [-0.25, -0.2) is 4.98 Å². The molecule has 1 N–H and O–H groups in total. The van der Waals surface area contributed by atoms with Crippen molar-refractivity contribution >= 4 is 34.5 Å². The van der Waals surface area contributed by atoms with Gasteiger partial charge in [0, 0.05) is 36.6 Å². The summed E-state index contributed by atoms with van der Waals surface area (Å²) in [6.45, 7) is 11.3. The molecule has 0 spiro atoms. The molecule has 1 amide bonds. The van der Waals surface area contributed by atoms with Crippen molar-refractivity contribution in [1.29, 1.82) is 0 Å². The van der Waals surface area contributed by atoms with Crippen LogP contribution in [0, 0.1) is 5.92 Å². The molecule has 4 rings (SSSR count). The first-order valence-corrected chi connectivity index (χ1v) is 13.6. The smallest absolute Gasteiger partial charge is 0.231 e. The van der Waals surface area contributed by atoms with Crippen LogP contribution in [0.3, 0.4) is 0 Å². The zero-order valence-electron chi connectivity index (χ0n) is 23.9. The lowest BCUT2D eigenvalue weighted by atomic mass is 9.80. The maximum Gasteiger partial charge on any atom is 0.231 e. The van der Waals surface area contributed by atoms with E-state index in [-0.39, 0.29) is 24.5 Å². The normalized spacial score (nSPS) is 17.7. The number of hydrogen-bond acceptors (Lipinski definition) is 7. The van der Waals surface area contributed by atoms with E-state index in [0.29, 0.717) is 35.5 Å². The number of carbonyl (C=O) groups excluding carboxylic acids is 3. The van der Waals surface area contributed by atoms with Crippen LogP contribution in [-0.2, 0) is 32.0 Å². The molecule has 1 aromatic carbocycles. The van der Waals surface area contributed by atoms with Crippen molar-refractivity contribution in [3.05, 3.63) is 45.7 Å². The highest BCUT2D eigenvalue weighted by molar-refractivity contribution is 5.97. The summed E-state index contributed by atoms with van der Waals surface area (Å²) in [5.74, 6) is 1.54. The molecule has 0 fully saturated rings. The predicted molar refractivity (Wildman–Crippen MR) is 150 cm³/mol. The third-order valence-electron chi connectivity index (χ3n) is 7.43. The number of allylic oxidation sites excluding steroid dienone is 2. The van der Waals surface area contributed by atoms with Gasteiger partial charge in [0.25, 0.3) is 0 Å². The topological polar surface area (TPSA) is 104 Å². The second-order valence-electron chi connectivity index (χ2n) is 10.7. The molecule has 0 saturated carbocycles. The summed E-state index contributed by atoms with van der Waals surface area (Å²) in [6.07, 6.45) is 4.36. The van der Waals surface area contributed by atoms with Crippen LogP contribution in [0.1, 0.15) is 82.8 Å². The molecule has 0 saturated heterocycles. The molecule has 1 aromatic heterocycles. The van der Waals surface area contributed by atoms with Crippen molar-refractivity contribution < 1.29 is 28.6 Å². The van der Waals surface area contributed by atoms with Gasteiger partial charge in [-0.2, -0.15) is 0 Å². The van der Waals surface area contributed by atoms with E-state index >= 15 is 0 Å². The first-order chi connectivity index (χ1) is 18.6. The highest BCUT2D eigenvalue weighted by Gasteiger charge is 2.33. The van der Waals surface area contributed by atoms with Crippen molar-refractivity contribution in [2.24, 2.45) is 5.92 Å². The molecule has 0 bridgehead atoms. The average molecular weight is 535 g/mol. The summed E-state index contributed by atoms with van der Waals surface area (Å²) in [7, 11) is 1.46. The van der Waals surface area contributed by atoms with Crippen LogP contribution in [0.4, 0.5) is 0 Å². The van der Waals surface area contributed by atoms with Crippen LogP contribution >= 0.6 is 0 Å². The summed E-state index contributed by atoms with van der Waals surface area (Å²) < 4.78 is 17.1. The van der Waals surface area contributed by atoms with Gasteiger partial charge in [0.15, 0.2) is 23.6 Å². The molecule has 208 valence electrons. The fourth-order valence-electron chi connectivity index (χ4n) is 5.89. The van der Waals surface area contributed by atoms with Gasteiger partial charge in [0.1, 0.15) is 6.10 Å². The Morgan fingerprint density at radius 1 is 1.23 bits per heavy atom. The molecule has 2 aliphatic rings. The molecule has 8 heteroatoms. The first-order valence-electron chi connectivity index (χ1n) is 13.6. The summed E-state index contributed by atoms with van der Waals surface area (Å²) in [5, 5.41) is 4.18. The second kappa shape index (κ2) is 11.7. The van der Waals surface area contributed by atoms with Crippen LogP contribution in [0.25, 0.3) is 16.5 Å².